The lowest BCUT2D eigenvalue weighted by Gasteiger charge is -2.18. The lowest BCUT2D eigenvalue weighted by Crippen LogP contribution is -2.19. The summed E-state index contributed by atoms with van der Waals surface area (Å²) < 4.78 is 10.9. The lowest BCUT2D eigenvalue weighted by molar-refractivity contribution is -0.0151. The monoisotopic (exact) mass is 326 g/mol. The summed E-state index contributed by atoms with van der Waals surface area (Å²) in [6.45, 7) is 18.4. The smallest absolute Gasteiger partial charge is 0.0602 e. The molecular weight excluding hydrogens is 284 g/mol. The zero-order valence-electron chi connectivity index (χ0n) is 17.1. The summed E-state index contributed by atoms with van der Waals surface area (Å²) in [7, 11) is 0. The minimum atomic E-state index is 0.0845. The number of hydrogen-bond acceptors (Lipinski definition) is 2. The highest BCUT2D eigenvalue weighted by Gasteiger charge is 2.33. The van der Waals surface area contributed by atoms with Crippen LogP contribution in [-0.4, -0.2) is 24.4 Å². The molecule has 3 saturated carbocycles. The van der Waals surface area contributed by atoms with Crippen molar-refractivity contribution in [2.75, 3.05) is 6.61 Å². The summed E-state index contributed by atoms with van der Waals surface area (Å²) in [6, 6.07) is 0. The van der Waals surface area contributed by atoms with Crippen LogP contribution in [0.4, 0.5) is 0 Å². The Bertz CT molecular complexity index is 308. The van der Waals surface area contributed by atoms with Gasteiger partial charge in [-0.1, -0.05) is 20.8 Å². The predicted molar refractivity (Wildman–Crippen MR) is 99.9 cm³/mol. The van der Waals surface area contributed by atoms with Crippen molar-refractivity contribution in [2.45, 2.75) is 112 Å². The minimum Gasteiger partial charge on any atom is -0.379 e. The van der Waals surface area contributed by atoms with Crippen LogP contribution in [-0.2, 0) is 9.47 Å². The zero-order chi connectivity index (χ0) is 17.7. The Morgan fingerprint density at radius 3 is 1.52 bits per heavy atom. The topological polar surface area (TPSA) is 18.5 Å². The first kappa shape index (κ1) is 21.0. The Morgan fingerprint density at radius 2 is 1.35 bits per heavy atom. The van der Waals surface area contributed by atoms with E-state index in [1.54, 1.807) is 0 Å². The second-order valence-corrected chi connectivity index (χ2v) is 9.90. The van der Waals surface area contributed by atoms with Gasteiger partial charge in [-0.25, -0.2) is 0 Å². The fraction of sp³-hybridized carbons (Fsp3) is 1.00. The van der Waals surface area contributed by atoms with E-state index in [0.717, 1.165) is 18.4 Å². The van der Waals surface area contributed by atoms with Gasteiger partial charge in [-0.2, -0.15) is 0 Å². The molecule has 3 fully saturated rings. The van der Waals surface area contributed by atoms with Crippen molar-refractivity contribution in [3.63, 3.8) is 0 Å². The van der Waals surface area contributed by atoms with E-state index in [1.807, 2.05) is 0 Å². The maximum absolute atomic E-state index is 5.55. The summed E-state index contributed by atoms with van der Waals surface area (Å²) in [5.74, 6) is 1.96. The molecule has 138 valence electrons. The van der Waals surface area contributed by atoms with E-state index in [2.05, 4.69) is 55.4 Å². The fourth-order valence-electron chi connectivity index (χ4n) is 2.25. The van der Waals surface area contributed by atoms with Gasteiger partial charge in [-0.3, -0.25) is 0 Å². The summed E-state index contributed by atoms with van der Waals surface area (Å²) in [6.07, 6.45) is 9.31. The quantitative estimate of drug-likeness (QED) is 0.610. The fourth-order valence-corrected chi connectivity index (χ4v) is 2.25. The van der Waals surface area contributed by atoms with Crippen molar-refractivity contribution in [1.29, 1.82) is 0 Å². The average molecular weight is 327 g/mol. The van der Waals surface area contributed by atoms with Crippen LogP contribution in [0.2, 0.25) is 0 Å². The second kappa shape index (κ2) is 8.85. The van der Waals surface area contributed by atoms with Crippen LogP contribution in [0.1, 0.15) is 93.9 Å². The van der Waals surface area contributed by atoms with Crippen molar-refractivity contribution < 1.29 is 9.47 Å². The van der Waals surface area contributed by atoms with Gasteiger partial charge in [0.05, 0.1) is 17.8 Å². The van der Waals surface area contributed by atoms with E-state index in [0.29, 0.717) is 17.6 Å². The Labute approximate surface area is 145 Å². The molecule has 0 heterocycles. The first-order valence-corrected chi connectivity index (χ1v) is 9.77. The van der Waals surface area contributed by atoms with E-state index >= 15 is 0 Å². The van der Waals surface area contributed by atoms with Crippen LogP contribution < -0.4 is 0 Å². The summed E-state index contributed by atoms with van der Waals surface area (Å²) >= 11 is 0. The van der Waals surface area contributed by atoms with E-state index in [1.165, 1.54) is 38.5 Å². The maximum atomic E-state index is 5.55. The number of ether oxygens (including phenoxy) is 2. The van der Waals surface area contributed by atoms with Gasteiger partial charge in [-0.05, 0) is 90.4 Å². The minimum absolute atomic E-state index is 0.0845. The molecule has 0 unspecified atom stereocenters. The van der Waals surface area contributed by atoms with Gasteiger partial charge >= 0.3 is 0 Å². The normalized spacial score (nSPS) is 21.3. The van der Waals surface area contributed by atoms with Gasteiger partial charge in [0.15, 0.2) is 0 Å². The standard InChI is InChI=1S/2C7H14O.C7H14/c1-7(2,3)8-6-4-5-6;1-6(2)8-5-7-3-4-7;1-7(2,3)6-4-5-6/h6H,4-5H2,1-3H3;6-7H,3-5H2,1-2H3;6H,4-5H2,1-3H3. The van der Waals surface area contributed by atoms with Gasteiger partial charge in [0.1, 0.15) is 0 Å². The van der Waals surface area contributed by atoms with Crippen molar-refractivity contribution in [1.82, 2.24) is 0 Å². The van der Waals surface area contributed by atoms with Crippen LogP contribution in [0, 0.1) is 17.3 Å². The Kier molecular flexibility index (Phi) is 8.07. The van der Waals surface area contributed by atoms with Crippen LogP contribution in [0.25, 0.3) is 0 Å². The van der Waals surface area contributed by atoms with Crippen LogP contribution in [0.3, 0.4) is 0 Å². The molecule has 2 nitrogen and oxygen atoms in total. The van der Waals surface area contributed by atoms with E-state index < -0.39 is 0 Å². The molecule has 3 aliphatic rings. The molecule has 3 aliphatic carbocycles. The third-order valence-electron chi connectivity index (χ3n) is 4.21. The summed E-state index contributed by atoms with van der Waals surface area (Å²) in [5, 5.41) is 0. The summed E-state index contributed by atoms with van der Waals surface area (Å²) in [4.78, 5) is 0. The molecule has 0 bridgehead atoms. The van der Waals surface area contributed by atoms with Crippen LogP contribution in [0.5, 0.6) is 0 Å². The highest BCUT2D eigenvalue weighted by molar-refractivity contribution is 4.84. The Balaban J connectivity index is 0.000000173. The molecule has 0 aliphatic heterocycles. The SMILES string of the molecule is CC(C)(C)C1CC1.CC(C)(C)OC1CC1.CC(C)OCC1CC1. The Morgan fingerprint density at radius 1 is 0.826 bits per heavy atom. The van der Waals surface area contributed by atoms with Crippen molar-refractivity contribution >= 4 is 0 Å². The molecule has 0 aromatic carbocycles. The highest BCUT2D eigenvalue weighted by atomic mass is 16.5. The molecule has 0 aromatic rings. The molecular formula is C21H42O2. The average Bonchev–Trinajstić information content (AvgIpc) is 3.23. The molecule has 0 atom stereocenters. The molecule has 0 spiro atoms. The molecule has 23 heavy (non-hydrogen) atoms. The predicted octanol–water partition coefficient (Wildman–Crippen LogP) is 6.23. The molecule has 2 heteroatoms. The highest BCUT2D eigenvalue weighted by Crippen LogP contribution is 2.44. The maximum Gasteiger partial charge on any atom is 0.0602 e. The van der Waals surface area contributed by atoms with Crippen molar-refractivity contribution in [2.24, 2.45) is 17.3 Å². The van der Waals surface area contributed by atoms with Crippen LogP contribution >= 0.6 is 0 Å². The largest absolute Gasteiger partial charge is 0.379 e. The van der Waals surface area contributed by atoms with Gasteiger partial charge in [0, 0.05) is 6.61 Å². The Hall–Kier alpha value is -0.0800. The molecule has 0 saturated heterocycles. The molecule has 0 N–H and O–H groups in total. The van der Waals surface area contributed by atoms with Crippen molar-refractivity contribution in [3.05, 3.63) is 0 Å². The van der Waals surface area contributed by atoms with Gasteiger partial charge in [-0.15, -0.1) is 0 Å². The third-order valence-corrected chi connectivity index (χ3v) is 4.21. The first-order chi connectivity index (χ1) is 10.5. The van der Waals surface area contributed by atoms with E-state index in [4.69, 9.17) is 9.47 Å². The third kappa shape index (κ3) is 14.0. The number of rotatable bonds is 4. The molecule has 0 radical (unpaired) electrons. The van der Waals surface area contributed by atoms with Gasteiger partial charge in [0.2, 0.25) is 0 Å². The molecule has 0 aromatic heterocycles. The first-order valence-electron chi connectivity index (χ1n) is 9.77. The van der Waals surface area contributed by atoms with Crippen molar-refractivity contribution in [3.8, 4) is 0 Å². The zero-order valence-corrected chi connectivity index (χ0v) is 17.1. The van der Waals surface area contributed by atoms with E-state index in [9.17, 15) is 0 Å². The number of hydrogen-bond donors (Lipinski definition) is 0. The van der Waals surface area contributed by atoms with Crippen LogP contribution in [0.15, 0.2) is 0 Å². The van der Waals surface area contributed by atoms with Gasteiger partial charge < -0.3 is 9.47 Å². The molecule has 3 rings (SSSR count). The molecule has 0 amide bonds. The van der Waals surface area contributed by atoms with Gasteiger partial charge in [0.25, 0.3) is 0 Å². The van der Waals surface area contributed by atoms with E-state index in [-0.39, 0.29) is 5.60 Å². The second-order valence-electron chi connectivity index (χ2n) is 9.90. The summed E-state index contributed by atoms with van der Waals surface area (Å²) in [5.41, 5.74) is 0.696. The lowest BCUT2D eigenvalue weighted by atomic mass is 9.91.